The normalized spacial score (nSPS) is 19.9. The molecule has 2 aliphatic rings. The zero-order valence-electron chi connectivity index (χ0n) is 14.9. The predicted octanol–water partition coefficient (Wildman–Crippen LogP) is 1.61. The van der Waals surface area contributed by atoms with Gasteiger partial charge in [0, 0.05) is 0 Å². The van der Waals surface area contributed by atoms with E-state index < -0.39 is 22.8 Å². The topological polar surface area (TPSA) is 96.0 Å². The Hall–Kier alpha value is -1.76. The van der Waals surface area contributed by atoms with Crippen molar-refractivity contribution < 1.29 is 33.4 Å². The first kappa shape index (κ1) is 19.6. The van der Waals surface area contributed by atoms with Gasteiger partial charge in [-0.25, -0.2) is 0 Å². The van der Waals surface area contributed by atoms with Gasteiger partial charge in [-0.05, 0) is 39.5 Å². The molecule has 2 rings (SSSR count). The van der Waals surface area contributed by atoms with Gasteiger partial charge in [0.15, 0.2) is 0 Å². The Bertz CT molecular complexity index is 496. The summed E-state index contributed by atoms with van der Waals surface area (Å²) in [5.74, 6) is -1.25. The zero-order valence-corrected chi connectivity index (χ0v) is 14.9. The fourth-order valence-electron chi connectivity index (χ4n) is 3.23. The first-order chi connectivity index (χ1) is 11.8. The van der Waals surface area contributed by atoms with Gasteiger partial charge in [-0.1, -0.05) is 12.8 Å². The number of ether oxygens (including phenoxy) is 3. The molecule has 2 saturated carbocycles. The van der Waals surface area contributed by atoms with Crippen molar-refractivity contribution in [2.24, 2.45) is 10.8 Å². The number of hydrogen-bond donors (Lipinski definition) is 0. The van der Waals surface area contributed by atoms with Gasteiger partial charge in [0.25, 0.3) is 0 Å². The summed E-state index contributed by atoms with van der Waals surface area (Å²) >= 11 is 0. The number of rotatable bonds is 10. The van der Waals surface area contributed by atoms with Gasteiger partial charge in [-0.3, -0.25) is 19.2 Å². The molecule has 7 heteroatoms. The molecule has 0 aliphatic heterocycles. The molecule has 0 aromatic heterocycles. The Balaban J connectivity index is 1.57. The Morgan fingerprint density at radius 3 is 1.28 bits per heavy atom. The summed E-state index contributed by atoms with van der Waals surface area (Å²) < 4.78 is 15.5. The van der Waals surface area contributed by atoms with Crippen molar-refractivity contribution in [3.8, 4) is 0 Å². The molecule has 0 amide bonds. The number of carbonyl (C=O) groups is 4. The van der Waals surface area contributed by atoms with E-state index in [0.717, 1.165) is 12.8 Å². The Labute approximate surface area is 147 Å². The van der Waals surface area contributed by atoms with E-state index in [1.807, 2.05) is 0 Å². The van der Waals surface area contributed by atoms with E-state index in [4.69, 9.17) is 14.2 Å². The molecule has 2 aliphatic carbocycles. The maximum Gasteiger partial charge on any atom is 0.319 e. The highest BCUT2D eigenvalue weighted by atomic mass is 16.6. The Morgan fingerprint density at radius 2 is 1.04 bits per heavy atom. The number of carbonyl (C=O) groups excluding carboxylic acids is 4. The first-order valence-electron chi connectivity index (χ1n) is 8.79. The average Bonchev–Trinajstić information content (AvgIpc) is 2.42. The Kier molecular flexibility index (Phi) is 6.32. The lowest BCUT2D eigenvalue weighted by molar-refractivity contribution is -0.167. The van der Waals surface area contributed by atoms with E-state index in [9.17, 15) is 19.2 Å². The second-order valence-corrected chi connectivity index (χ2v) is 6.87. The van der Waals surface area contributed by atoms with Crippen LogP contribution in [0.4, 0.5) is 0 Å². The molecule has 0 spiro atoms. The Morgan fingerprint density at radius 1 is 0.680 bits per heavy atom. The third kappa shape index (κ3) is 3.92. The van der Waals surface area contributed by atoms with Crippen LogP contribution in [0.15, 0.2) is 0 Å². The van der Waals surface area contributed by atoms with Crippen molar-refractivity contribution in [3.63, 3.8) is 0 Å². The molecular weight excluding hydrogens is 328 g/mol. The molecule has 0 saturated heterocycles. The number of hydrogen-bond acceptors (Lipinski definition) is 7. The average molecular weight is 354 g/mol. The number of Topliss-reactive ketones (excluding diaryl/α,β-unsaturated/α-hetero) is 2. The molecule has 0 atom stereocenters. The molecule has 25 heavy (non-hydrogen) atoms. The van der Waals surface area contributed by atoms with E-state index in [1.165, 1.54) is 13.8 Å². The molecule has 7 nitrogen and oxygen atoms in total. The molecule has 0 N–H and O–H groups in total. The van der Waals surface area contributed by atoms with Gasteiger partial charge in [0.1, 0.15) is 35.6 Å². The summed E-state index contributed by atoms with van der Waals surface area (Å²) in [5.41, 5.74) is -1.89. The minimum Gasteiger partial charge on any atom is -0.462 e. The maximum atomic E-state index is 12.0. The van der Waals surface area contributed by atoms with Gasteiger partial charge >= 0.3 is 11.9 Å². The largest absolute Gasteiger partial charge is 0.462 e. The van der Waals surface area contributed by atoms with E-state index in [0.29, 0.717) is 25.7 Å². The minimum absolute atomic E-state index is 0.0548. The van der Waals surface area contributed by atoms with Gasteiger partial charge in [0.05, 0.1) is 13.2 Å². The van der Waals surface area contributed by atoms with E-state index in [-0.39, 0.29) is 38.0 Å². The number of ketones is 2. The van der Waals surface area contributed by atoms with Crippen molar-refractivity contribution in [1.29, 1.82) is 0 Å². The van der Waals surface area contributed by atoms with Crippen molar-refractivity contribution in [1.82, 2.24) is 0 Å². The minimum atomic E-state index is -0.945. The second-order valence-electron chi connectivity index (χ2n) is 6.87. The van der Waals surface area contributed by atoms with Crippen molar-refractivity contribution >= 4 is 23.5 Å². The van der Waals surface area contributed by atoms with Crippen LogP contribution in [0.5, 0.6) is 0 Å². The monoisotopic (exact) mass is 354 g/mol. The molecule has 0 aromatic carbocycles. The lowest BCUT2D eigenvalue weighted by atomic mass is 9.66. The molecule has 0 unspecified atom stereocenters. The lowest BCUT2D eigenvalue weighted by Crippen LogP contribution is -2.45. The fourth-order valence-corrected chi connectivity index (χ4v) is 3.23. The second kappa shape index (κ2) is 8.08. The smallest absolute Gasteiger partial charge is 0.319 e. The molecule has 140 valence electrons. The summed E-state index contributed by atoms with van der Waals surface area (Å²) in [6, 6.07) is 0. The highest BCUT2D eigenvalue weighted by molar-refractivity contribution is 6.04. The summed E-state index contributed by atoms with van der Waals surface area (Å²) in [6.07, 6.45) is 3.92. The molecule has 0 bridgehead atoms. The SMILES string of the molecule is CC(=O)C1(C(=O)OCCOCCOC(=O)C2(C(C)=O)CCC2)CCC1. The summed E-state index contributed by atoms with van der Waals surface area (Å²) in [7, 11) is 0. The van der Waals surface area contributed by atoms with Crippen LogP contribution in [-0.2, 0) is 33.4 Å². The van der Waals surface area contributed by atoms with Crippen molar-refractivity contribution in [3.05, 3.63) is 0 Å². The first-order valence-corrected chi connectivity index (χ1v) is 8.79. The molecule has 2 fully saturated rings. The highest BCUT2D eigenvalue weighted by Crippen LogP contribution is 2.43. The number of esters is 2. The van der Waals surface area contributed by atoms with Crippen molar-refractivity contribution in [2.45, 2.75) is 52.4 Å². The lowest BCUT2D eigenvalue weighted by Gasteiger charge is -2.36. The van der Waals surface area contributed by atoms with Crippen LogP contribution in [0.2, 0.25) is 0 Å². The molecule has 0 aromatic rings. The molecule has 0 heterocycles. The third-order valence-corrected chi connectivity index (χ3v) is 5.47. The van der Waals surface area contributed by atoms with E-state index in [1.54, 1.807) is 0 Å². The van der Waals surface area contributed by atoms with Gasteiger partial charge in [-0.15, -0.1) is 0 Å². The quantitative estimate of drug-likeness (QED) is 0.334. The van der Waals surface area contributed by atoms with Crippen molar-refractivity contribution in [2.75, 3.05) is 26.4 Å². The van der Waals surface area contributed by atoms with Gasteiger partial charge in [-0.2, -0.15) is 0 Å². The van der Waals surface area contributed by atoms with Crippen LogP contribution in [0, 0.1) is 10.8 Å². The van der Waals surface area contributed by atoms with Crippen LogP contribution in [0.1, 0.15) is 52.4 Å². The van der Waals surface area contributed by atoms with Crippen LogP contribution >= 0.6 is 0 Å². The van der Waals surface area contributed by atoms with E-state index in [2.05, 4.69) is 0 Å². The zero-order chi connectivity index (χ0) is 18.5. The van der Waals surface area contributed by atoms with E-state index >= 15 is 0 Å². The van der Waals surface area contributed by atoms with Crippen LogP contribution in [0.25, 0.3) is 0 Å². The highest BCUT2D eigenvalue weighted by Gasteiger charge is 2.50. The van der Waals surface area contributed by atoms with Gasteiger partial charge in [0.2, 0.25) is 0 Å². The summed E-state index contributed by atoms with van der Waals surface area (Å²) in [5, 5.41) is 0. The fraction of sp³-hybridized carbons (Fsp3) is 0.778. The van der Waals surface area contributed by atoms with Crippen LogP contribution in [-0.4, -0.2) is 49.9 Å². The summed E-state index contributed by atoms with van der Waals surface area (Å²) in [6.45, 7) is 3.27. The molecular formula is C18H26O7. The third-order valence-electron chi connectivity index (χ3n) is 5.47. The van der Waals surface area contributed by atoms with Crippen LogP contribution < -0.4 is 0 Å². The standard InChI is InChI=1S/C18H26O7/c1-13(19)17(5-3-6-17)15(21)24-11-9-23-10-12-25-16(22)18(14(2)20)7-4-8-18/h3-12H2,1-2H3. The molecule has 0 radical (unpaired) electrons. The predicted molar refractivity (Wildman–Crippen MR) is 86.7 cm³/mol. The summed E-state index contributed by atoms with van der Waals surface area (Å²) in [4.78, 5) is 47.1. The van der Waals surface area contributed by atoms with Gasteiger partial charge < -0.3 is 14.2 Å². The van der Waals surface area contributed by atoms with Crippen LogP contribution in [0.3, 0.4) is 0 Å². The maximum absolute atomic E-state index is 12.0.